The second kappa shape index (κ2) is 3.24. The molecule has 13 heavy (non-hydrogen) atoms. The van der Waals surface area contributed by atoms with E-state index in [1.807, 2.05) is 0 Å². The zero-order chi connectivity index (χ0) is 10.3. The summed E-state index contributed by atoms with van der Waals surface area (Å²) < 4.78 is 4.24. The Labute approximate surface area is 87.6 Å². The van der Waals surface area contributed by atoms with Gasteiger partial charge in [0.1, 0.15) is 4.32 Å². The number of halogens is 1. The molecule has 76 valence electrons. The van der Waals surface area contributed by atoms with Crippen LogP contribution in [0.1, 0.15) is 20.8 Å². The van der Waals surface area contributed by atoms with Gasteiger partial charge in [-0.25, -0.2) is 0 Å². The van der Waals surface area contributed by atoms with Crippen molar-refractivity contribution >= 4 is 21.9 Å². The zero-order valence-electron chi connectivity index (χ0n) is 8.56. The van der Waals surface area contributed by atoms with Gasteiger partial charge in [0, 0.05) is 18.6 Å². The van der Waals surface area contributed by atoms with Gasteiger partial charge in [-0.2, -0.15) is 0 Å². The molecular formula is C9H16BrNO2. The topological polar surface area (TPSA) is 29.5 Å². The van der Waals surface area contributed by atoms with Crippen LogP contribution in [0.2, 0.25) is 0 Å². The minimum absolute atomic E-state index is 0.130. The molecule has 1 saturated heterocycles. The third-order valence-corrected chi connectivity index (χ3v) is 3.21. The number of rotatable bonds is 1. The lowest BCUT2D eigenvalue weighted by Crippen LogP contribution is -2.67. The van der Waals surface area contributed by atoms with Crippen LogP contribution in [-0.4, -0.2) is 40.9 Å². The van der Waals surface area contributed by atoms with Crippen LogP contribution < -0.4 is 0 Å². The number of carbonyl (C=O) groups excluding carboxylic acids is 1. The Morgan fingerprint density at radius 1 is 1.46 bits per heavy atom. The molecule has 0 aromatic carbocycles. The second-order valence-corrected chi connectivity index (χ2v) is 6.00. The van der Waals surface area contributed by atoms with Gasteiger partial charge in [-0.05, 0) is 20.8 Å². The molecule has 1 aliphatic rings. The Morgan fingerprint density at radius 3 is 2.23 bits per heavy atom. The quantitative estimate of drug-likeness (QED) is 0.520. The van der Waals surface area contributed by atoms with Gasteiger partial charge < -0.3 is 4.74 Å². The standard InChI is InChI=1S/C9H16BrNO2/c1-8(2,3)11-5-9(10,6-11)7(12)13-4/h5-6H2,1-4H3. The first-order chi connectivity index (χ1) is 5.79. The summed E-state index contributed by atoms with van der Waals surface area (Å²) in [7, 11) is 1.42. The summed E-state index contributed by atoms with van der Waals surface area (Å²) in [6, 6.07) is 0. The van der Waals surface area contributed by atoms with Gasteiger partial charge >= 0.3 is 5.97 Å². The Hall–Kier alpha value is -0.0900. The zero-order valence-corrected chi connectivity index (χ0v) is 10.1. The number of ether oxygens (including phenoxy) is 1. The molecular weight excluding hydrogens is 234 g/mol. The number of esters is 1. The smallest absolute Gasteiger partial charge is 0.325 e. The van der Waals surface area contributed by atoms with Crippen LogP contribution in [0.15, 0.2) is 0 Å². The molecule has 1 aliphatic heterocycles. The van der Waals surface area contributed by atoms with Gasteiger partial charge in [-0.1, -0.05) is 15.9 Å². The average molecular weight is 250 g/mol. The largest absolute Gasteiger partial charge is 0.468 e. The SMILES string of the molecule is COC(=O)C1(Br)CN(C(C)(C)C)C1. The first-order valence-corrected chi connectivity index (χ1v) is 5.11. The molecule has 0 spiro atoms. The molecule has 1 heterocycles. The van der Waals surface area contributed by atoms with Crippen LogP contribution in [0.4, 0.5) is 0 Å². The maximum absolute atomic E-state index is 11.3. The first-order valence-electron chi connectivity index (χ1n) is 4.32. The van der Waals surface area contributed by atoms with E-state index in [0.29, 0.717) is 0 Å². The fourth-order valence-corrected chi connectivity index (χ4v) is 2.11. The Bertz CT molecular complexity index is 216. The molecule has 0 saturated carbocycles. The van der Waals surface area contributed by atoms with Crippen molar-refractivity contribution in [2.75, 3.05) is 20.2 Å². The molecule has 0 N–H and O–H groups in total. The van der Waals surface area contributed by atoms with E-state index >= 15 is 0 Å². The van der Waals surface area contributed by atoms with Gasteiger partial charge in [0.2, 0.25) is 0 Å². The summed E-state index contributed by atoms with van der Waals surface area (Å²) in [6.45, 7) is 7.86. The van der Waals surface area contributed by atoms with Crippen molar-refractivity contribution < 1.29 is 9.53 Å². The summed E-state index contributed by atoms with van der Waals surface area (Å²) in [5, 5.41) is 0. The number of methoxy groups -OCH3 is 1. The van der Waals surface area contributed by atoms with E-state index in [0.717, 1.165) is 13.1 Å². The van der Waals surface area contributed by atoms with Crippen LogP contribution in [-0.2, 0) is 9.53 Å². The third-order valence-electron chi connectivity index (χ3n) is 2.38. The predicted molar refractivity (Wildman–Crippen MR) is 55.0 cm³/mol. The monoisotopic (exact) mass is 249 g/mol. The van der Waals surface area contributed by atoms with E-state index in [9.17, 15) is 4.79 Å². The van der Waals surface area contributed by atoms with E-state index in [-0.39, 0.29) is 11.5 Å². The molecule has 0 amide bonds. The van der Waals surface area contributed by atoms with Gasteiger partial charge in [0.05, 0.1) is 7.11 Å². The van der Waals surface area contributed by atoms with Crippen LogP contribution >= 0.6 is 15.9 Å². The maximum atomic E-state index is 11.3. The maximum Gasteiger partial charge on any atom is 0.325 e. The lowest BCUT2D eigenvalue weighted by molar-refractivity contribution is -0.149. The van der Waals surface area contributed by atoms with Crippen molar-refractivity contribution in [2.45, 2.75) is 30.6 Å². The first kappa shape index (κ1) is 11.0. The normalized spacial score (nSPS) is 22.2. The fraction of sp³-hybridized carbons (Fsp3) is 0.889. The van der Waals surface area contributed by atoms with Crippen LogP contribution in [0, 0.1) is 0 Å². The van der Waals surface area contributed by atoms with E-state index in [4.69, 9.17) is 4.74 Å². The summed E-state index contributed by atoms with van der Waals surface area (Å²) >= 11 is 3.41. The van der Waals surface area contributed by atoms with Crippen molar-refractivity contribution in [1.29, 1.82) is 0 Å². The molecule has 1 rings (SSSR count). The highest BCUT2D eigenvalue weighted by Gasteiger charge is 2.51. The molecule has 0 aromatic heterocycles. The van der Waals surface area contributed by atoms with E-state index in [1.54, 1.807) is 0 Å². The van der Waals surface area contributed by atoms with Gasteiger partial charge in [0.15, 0.2) is 0 Å². The van der Waals surface area contributed by atoms with Crippen LogP contribution in [0.25, 0.3) is 0 Å². The summed E-state index contributed by atoms with van der Waals surface area (Å²) in [6.07, 6.45) is 0. The number of carbonyl (C=O) groups is 1. The van der Waals surface area contributed by atoms with Gasteiger partial charge in [-0.15, -0.1) is 0 Å². The number of hydrogen-bond donors (Lipinski definition) is 0. The molecule has 1 fully saturated rings. The molecule has 0 unspecified atom stereocenters. The molecule has 4 heteroatoms. The van der Waals surface area contributed by atoms with Gasteiger partial charge in [-0.3, -0.25) is 9.69 Å². The lowest BCUT2D eigenvalue weighted by atomic mass is 9.92. The number of hydrogen-bond acceptors (Lipinski definition) is 3. The minimum atomic E-state index is -0.463. The van der Waals surface area contributed by atoms with E-state index < -0.39 is 4.32 Å². The van der Waals surface area contributed by atoms with Crippen molar-refractivity contribution in [3.63, 3.8) is 0 Å². The number of alkyl halides is 1. The minimum Gasteiger partial charge on any atom is -0.468 e. The van der Waals surface area contributed by atoms with Gasteiger partial charge in [0.25, 0.3) is 0 Å². The van der Waals surface area contributed by atoms with Crippen molar-refractivity contribution in [2.24, 2.45) is 0 Å². The highest BCUT2D eigenvalue weighted by Crippen LogP contribution is 2.36. The third kappa shape index (κ3) is 2.05. The number of likely N-dealkylation sites (tertiary alicyclic amines) is 1. The summed E-state index contributed by atoms with van der Waals surface area (Å²) in [5.41, 5.74) is 0.130. The highest BCUT2D eigenvalue weighted by atomic mass is 79.9. The average Bonchev–Trinajstić information content (AvgIpc) is 1.95. The van der Waals surface area contributed by atoms with Crippen LogP contribution in [0.3, 0.4) is 0 Å². The Morgan fingerprint density at radius 2 is 1.92 bits per heavy atom. The van der Waals surface area contributed by atoms with Crippen molar-refractivity contribution in [1.82, 2.24) is 4.90 Å². The number of nitrogens with zero attached hydrogens (tertiary/aromatic N) is 1. The molecule has 0 atom stereocenters. The predicted octanol–water partition coefficient (Wildman–Crippen LogP) is 1.41. The molecule has 0 aromatic rings. The Balaban J connectivity index is 2.53. The molecule has 0 aliphatic carbocycles. The second-order valence-electron chi connectivity index (χ2n) is 4.48. The molecule has 0 radical (unpaired) electrons. The lowest BCUT2D eigenvalue weighted by Gasteiger charge is -2.51. The fourth-order valence-electron chi connectivity index (χ4n) is 1.35. The summed E-state index contributed by atoms with van der Waals surface area (Å²) in [4.78, 5) is 13.5. The van der Waals surface area contributed by atoms with E-state index in [1.165, 1.54) is 7.11 Å². The molecule has 3 nitrogen and oxygen atoms in total. The Kier molecular flexibility index (Phi) is 2.74. The van der Waals surface area contributed by atoms with Crippen molar-refractivity contribution in [3.8, 4) is 0 Å². The van der Waals surface area contributed by atoms with E-state index in [2.05, 4.69) is 41.6 Å². The van der Waals surface area contributed by atoms with Crippen LogP contribution in [0.5, 0.6) is 0 Å². The highest BCUT2D eigenvalue weighted by molar-refractivity contribution is 9.10. The van der Waals surface area contributed by atoms with Crippen molar-refractivity contribution in [3.05, 3.63) is 0 Å². The molecule has 0 bridgehead atoms. The summed E-state index contributed by atoms with van der Waals surface area (Å²) in [5.74, 6) is -0.173.